The van der Waals surface area contributed by atoms with Crippen LogP contribution in [-0.4, -0.2) is 4.98 Å². The molecule has 0 aliphatic heterocycles. The largest absolute Gasteiger partial charge is 0.251 e. The first-order valence-electron chi connectivity index (χ1n) is 3.39. The summed E-state index contributed by atoms with van der Waals surface area (Å²) in [6.45, 7) is 0. The molecule has 51 valence electrons. The second-order valence-electron chi connectivity index (χ2n) is 2.64. The highest BCUT2D eigenvalue weighted by atomic mass is 19.1. The SMILES string of the molecule is Fc1[c]ncc(C2CC2)c1. The van der Waals surface area contributed by atoms with Gasteiger partial charge in [0.2, 0.25) is 0 Å². The van der Waals surface area contributed by atoms with Gasteiger partial charge in [-0.15, -0.1) is 0 Å². The fourth-order valence-electron chi connectivity index (χ4n) is 1.02. The molecule has 10 heavy (non-hydrogen) atoms. The van der Waals surface area contributed by atoms with Crippen molar-refractivity contribution in [1.29, 1.82) is 0 Å². The molecular formula is C8H7FN. The van der Waals surface area contributed by atoms with E-state index in [2.05, 4.69) is 11.2 Å². The lowest BCUT2D eigenvalue weighted by Crippen LogP contribution is -1.84. The lowest BCUT2D eigenvalue weighted by molar-refractivity contribution is 0.615. The van der Waals surface area contributed by atoms with Gasteiger partial charge in [-0.3, -0.25) is 4.98 Å². The monoisotopic (exact) mass is 136 g/mol. The van der Waals surface area contributed by atoms with Crippen molar-refractivity contribution in [3.8, 4) is 0 Å². The molecule has 1 saturated carbocycles. The van der Waals surface area contributed by atoms with E-state index in [1.165, 1.54) is 18.9 Å². The summed E-state index contributed by atoms with van der Waals surface area (Å²) in [6.07, 6.45) is 6.30. The number of aromatic nitrogens is 1. The fraction of sp³-hybridized carbons (Fsp3) is 0.375. The summed E-state index contributed by atoms with van der Waals surface area (Å²) in [4.78, 5) is 3.65. The van der Waals surface area contributed by atoms with Gasteiger partial charge in [-0.1, -0.05) is 0 Å². The van der Waals surface area contributed by atoms with Gasteiger partial charge in [-0.05, 0) is 30.4 Å². The molecule has 0 aromatic carbocycles. The first-order chi connectivity index (χ1) is 4.86. The molecule has 0 atom stereocenters. The number of halogens is 1. The van der Waals surface area contributed by atoms with Gasteiger partial charge in [0.05, 0.1) is 0 Å². The minimum absolute atomic E-state index is 0.343. The Balaban J connectivity index is 2.32. The standard InChI is InChI=1S/C8H7FN/c9-8-3-7(4-10-5-8)6-1-2-6/h3-4,6H,1-2H2. The lowest BCUT2D eigenvalue weighted by atomic mass is 10.2. The second-order valence-corrected chi connectivity index (χ2v) is 2.64. The maximum Gasteiger partial charge on any atom is 0.151 e. The smallest absolute Gasteiger partial charge is 0.151 e. The van der Waals surface area contributed by atoms with Crippen molar-refractivity contribution in [2.75, 3.05) is 0 Å². The molecule has 1 aliphatic rings. The van der Waals surface area contributed by atoms with E-state index in [9.17, 15) is 4.39 Å². The molecule has 0 amide bonds. The van der Waals surface area contributed by atoms with Gasteiger partial charge in [0.25, 0.3) is 0 Å². The summed E-state index contributed by atoms with van der Waals surface area (Å²) in [6, 6.07) is 1.52. The Morgan fingerprint density at radius 3 is 3.00 bits per heavy atom. The number of rotatable bonds is 1. The van der Waals surface area contributed by atoms with E-state index >= 15 is 0 Å². The van der Waals surface area contributed by atoms with E-state index in [1.807, 2.05) is 0 Å². The molecule has 0 saturated heterocycles. The molecule has 1 aliphatic carbocycles. The Morgan fingerprint density at radius 1 is 1.60 bits per heavy atom. The van der Waals surface area contributed by atoms with Crippen molar-refractivity contribution in [3.63, 3.8) is 0 Å². The molecule has 0 unspecified atom stereocenters. The molecule has 1 fully saturated rings. The third kappa shape index (κ3) is 1.01. The van der Waals surface area contributed by atoms with Crippen LogP contribution in [0, 0.1) is 12.0 Å². The van der Waals surface area contributed by atoms with Gasteiger partial charge in [0, 0.05) is 6.20 Å². The number of nitrogens with zero attached hydrogens (tertiary/aromatic N) is 1. The molecule has 0 N–H and O–H groups in total. The molecule has 1 heterocycles. The molecular weight excluding hydrogens is 129 g/mol. The summed E-state index contributed by atoms with van der Waals surface area (Å²) in [5.41, 5.74) is 1.02. The third-order valence-corrected chi connectivity index (χ3v) is 1.73. The Kier molecular flexibility index (Phi) is 1.19. The first kappa shape index (κ1) is 5.83. The van der Waals surface area contributed by atoms with Crippen molar-refractivity contribution in [3.05, 3.63) is 29.8 Å². The zero-order chi connectivity index (χ0) is 6.97. The van der Waals surface area contributed by atoms with Crippen LogP contribution in [0.4, 0.5) is 4.39 Å². The summed E-state index contributed by atoms with van der Waals surface area (Å²) in [5, 5.41) is 0. The van der Waals surface area contributed by atoms with Crippen molar-refractivity contribution >= 4 is 0 Å². The van der Waals surface area contributed by atoms with Crippen LogP contribution < -0.4 is 0 Å². The van der Waals surface area contributed by atoms with Crippen LogP contribution in [-0.2, 0) is 0 Å². The average molecular weight is 136 g/mol. The van der Waals surface area contributed by atoms with Crippen molar-refractivity contribution < 1.29 is 4.39 Å². The van der Waals surface area contributed by atoms with E-state index in [-0.39, 0.29) is 5.82 Å². The highest BCUT2D eigenvalue weighted by Gasteiger charge is 2.23. The van der Waals surface area contributed by atoms with E-state index < -0.39 is 0 Å². The van der Waals surface area contributed by atoms with Gasteiger partial charge in [-0.25, -0.2) is 4.39 Å². The topological polar surface area (TPSA) is 12.9 Å². The molecule has 0 bridgehead atoms. The zero-order valence-corrected chi connectivity index (χ0v) is 5.47. The van der Waals surface area contributed by atoms with Crippen LogP contribution in [0.15, 0.2) is 12.3 Å². The molecule has 0 spiro atoms. The quantitative estimate of drug-likeness (QED) is 0.574. The van der Waals surface area contributed by atoms with Crippen LogP contribution in [0.25, 0.3) is 0 Å². The van der Waals surface area contributed by atoms with Crippen LogP contribution in [0.3, 0.4) is 0 Å². The summed E-state index contributed by atoms with van der Waals surface area (Å²) in [7, 11) is 0. The predicted molar refractivity (Wildman–Crippen MR) is 35.0 cm³/mol. The van der Waals surface area contributed by atoms with Gasteiger partial charge in [-0.2, -0.15) is 0 Å². The van der Waals surface area contributed by atoms with E-state index in [0.717, 1.165) is 5.56 Å². The van der Waals surface area contributed by atoms with Gasteiger partial charge >= 0.3 is 0 Å². The van der Waals surface area contributed by atoms with E-state index in [1.54, 1.807) is 6.20 Å². The van der Waals surface area contributed by atoms with Crippen molar-refractivity contribution in [1.82, 2.24) is 4.98 Å². The van der Waals surface area contributed by atoms with Crippen molar-refractivity contribution in [2.24, 2.45) is 0 Å². The molecule has 1 nitrogen and oxygen atoms in total. The minimum Gasteiger partial charge on any atom is -0.251 e. The predicted octanol–water partition coefficient (Wildman–Crippen LogP) is 1.90. The molecule has 1 aromatic rings. The lowest BCUT2D eigenvalue weighted by Gasteiger charge is -1.93. The van der Waals surface area contributed by atoms with Crippen LogP contribution in [0.5, 0.6) is 0 Å². The average Bonchev–Trinajstić information content (AvgIpc) is 2.68. The second kappa shape index (κ2) is 2.04. The van der Waals surface area contributed by atoms with E-state index in [0.29, 0.717) is 5.92 Å². The Morgan fingerprint density at radius 2 is 2.40 bits per heavy atom. The summed E-state index contributed by atoms with van der Waals surface area (Å²) >= 11 is 0. The highest BCUT2D eigenvalue weighted by molar-refractivity contribution is 5.19. The molecule has 2 heteroatoms. The molecule has 1 aromatic heterocycles. The maximum atomic E-state index is 12.4. The van der Waals surface area contributed by atoms with Crippen LogP contribution >= 0.6 is 0 Å². The molecule has 2 rings (SSSR count). The Bertz CT molecular complexity index is 243. The van der Waals surface area contributed by atoms with Gasteiger partial charge in [0.1, 0.15) is 6.20 Å². The number of hydrogen-bond donors (Lipinski definition) is 0. The van der Waals surface area contributed by atoms with Gasteiger partial charge < -0.3 is 0 Å². The maximum absolute atomic E-state index is 12.4. The zero-order valence-electron chi connectivity index (χ0n) is 5.47. The normalized spacial score (nSPS) is 17.3. The summed E-state index contributed by atoms with van der Waals surface area (Å²) in [5.74, 6) is 0.237. The molecule has 1 radical (unpaired) electrons. The Labute approximate surface area is 58.9 Å². The summed E-state index contributed by atoms with van der Waals surface area (Å²) < 4.78 is 12.4. The number of hydrogen-bond acceptors (Lipinski definition) is 1. The van der Waals surface area contributed by atoms with Crippen LogP contribution in [0.1, 0.15) is 24.3 Å². The fourth-order valence-corrected chi connectivity index (χ4v) is 1.02. The van der Waals surface area contributed by atoms with E-state index in [4.69, 9.17) is 0 Å². The van der Waals surface area contributed by atoms with Crippen molar-refractivity contribution in [2.45, 2.75) is 18.8 Å². The minimum atomic E-state index is -0.343. The first-order valence-corrected chi connectivity index (χ1v) is 3.39. The van der Waals surface area contributed by atoms with Gasteiger partial charge in [0.15, 0.2) is 5.82 Å². The highest BCUT2D eigenvalue weighted by Crippen LogP contribution is 2.39. The third-order valence-electron chi connectivity index (χ3n) is 1.73. The van der Waals surface area contributed by atoms with Crippen LogP contribution in [0.2, 0.25) is 0 Å². The Hall–Kier alpha value is -0.920. The number of pyridine rings is 1.